The van der Waals surface area contributed by atoms with Crippen molar-refractivity contribution in [3.05, 3.63) is 89.1 Å². The van der Waals surface area contributed by atoms with Crippen LogP contribution in [0.5, 0.6) is 11.5 Å². The molecule has 3 heterocycles. The van der Waals surface area contributed by atoms with E-state index in [0.717, 1.165) is 5.56 Å². The fraction of sp³-hybridized carbons (Fsp3) is 0.296. The van der Waals surface area contributed by atoms with Crippen LogP contribution >= 0.6 is 22.9 Å². The van der Waals surface area contributed by atoms with Crippen molar-refractivity contribution in [1.29, 1.82) is 0 Å². The summed E-state index contributed by atoms with van der Waals surface area (Å²) in [6.45, 7) is 8.11. The first-order valence-electron chi connectivity index (χ1n) is 11.7. The molecule has 36 heavy (non-hydrogen) atoms. The molecule has 2 aliphatic heterocycles. The summed E-state index contributed by atoms with van der Waals surface area (Å²) in [5, 5.41) is 0.439. The van der Waals surface area contributed by atoms with Crippen molar-refractivity contribution < 1.29 is 19.0 Å². The van der Waals surface area contributed by atoms with E-state index in [4.69, 9.17) is 25.8 Å². The third kappa shape index (κ3) is 4.24. The van der Waals surface area contributed by atoms with Crippen LogP contribution in [0.3, 0.4) is 0 Å². The second kappa shape index (κ2) is 9.59. The molecule has 0 fully saturated rings. The first-order chi connectivity index (χ1) is 17.3. The van der Waals surface area contributed by atoms with E-state index in [-0.39, 0.29) is 19.0 Å². The summed E-state index contributed by atoms with van der Waals surface area (Å²) >= 11 is 7.71. The summed E-state index contributed by atoms with van der Waals surface area (Å²) in [4.78, 5) is 31.9. The largest absolute Gasteiger partial charge is 0.463 e. The van der Waals surface area contributed by atoms with Crippen molar-refractivity contribution in [2.45, 2.75) is 39.7 Å². The Hall–Kier alpha value is -3.36. The molecule has 186 valence electrons. The molecule has 3 aromatic rings. The maximum Gasteiger partial charge on any atom is 0.338 e. The van der Waals surface area contributed by atoms with Gasteiger partial charge in [0.15, 0.2) is 16.3 Å². The summed E-state index contributed by atoms with van der Waals surface area (Å²) in [5.41, 5.74) is 3.23. The maximum absolute atomic E-state index is 13.8. The van der Waals surface area contributed by atoms with Crippen LogP contribution in [0.4, 0.5) is 0 Å². The second-order valence-electron chi connectivity index (χ2n) is 8.85. The summed E-state index contributed by atoms with van der Waals surface area (Å²) in [5.74, 6) is 1.01. The maximum atomic E-state index is 13.8. The Kier molecular flexibility index (Phi) is 6.49. The number of aromatic nitrogens is 1. The van der Waals surface area contributed by atoms with Crippen LogP contribution in [0.15, 0.2) is 57.5 Å². The van der Waals surface area contributed by atoms with Crippen molar-refractivity contribution in [2.24, 2.45) is 4.99 Å². The molecule has 0 N–H and O–H groups in total. The molecule has 0 radical (unpaired) electrons. The molecule has 0 spiro atoms. The lowest BCUT2D eigenvalue weighted by Gasteiger charge is -2.25. The monoisotopic (exact) mass is 524 g/mol. The lowest BCUT2D eigenvalue weighted by atomic mass is 9.93. The Morgan fingerprint density at radius 1 is 1.25 bits per heavy atom. The summed E-state index contributed by atoms with van der Waals surface area (Å²) < 4.78 is 18.2. The number of allylic oxidation sites excluding steroid dienone is 1. The fourth-order valence-electron chi connectivity index (χ4n) is 4.35. The van der Waals surface area contributed by atoms with Crippen molar-refractivity contribution in [3.63, 3.8) is 0 Å². The Bertz CT molecular complexity index is 1570. The van der Waals surface area contributed by atoms with Gasteiger partial charge in [-0.25, -0.2) is 9.79 Å². The van der Waals surface area contributed by atoms with Crippen LogP contribution in [-0.2, 0) is 9.53 Å². The van der Waals surface area contributed by atoms with Crippen LogP contribution in [0.25, 0.3) is 6.08 Å². The van der Waals surface area contributed by atoms with Crippen LogP contribution in [0, 0.1) is 0 Å². The first-order valence-corrected chi connectivity index (χ1v) is 12.9. The third-order valence-electron chi connectivity index (χ3n) is 6.21. The number of hydrogen-bond acceptors (Lipinski definition) is 7. The molecule has 1 atom stereocenters. The molecule has 0 unspecified atom stereocenters. The highest BCUT2D eigenvalue weighted by Gasteiger charge is 2.33. The molecule has 0 amide bonds. The summed E-state index contributed by atoms with van der Waals surface area (Å²) in [7, 11) is 0. The minimum atomic E-state index is -0.657. The van der Waals surface area contributed by atoms with Gasteiger partial charge < -0.3 is 14.2 Å². The number of rotatable bonds is 5. The van der Waals surface area contributed by atoms with Crippen molar-refractivity contribution in [1.82, 2.24) is 4.57 Å². The van der Waals surface area contributed by atoms with E-state index >= 15 is 0 Å². The zero-order valence-corrected chi connectivity index (χ0v) is 21.9. The van der Waals surface area contributed by atoms with Gasteiger partial charge in [-0.1, -0.05) is 61.1 Å². The summed E-state index contributed by atoms with van der Waals surface area (Å²) in [6.07, 6.45) is 1.72. The third-order valence-corrected chi connectivity index (χ3v) is 7.52. The van der Waals surface area contributed by atoms with Crippen LogP contribution in [-0.4, -0.2) is 23.9 Å². The Labute approximate surface area is 216 Å². The standard InChI is InChI=1S/C27H25ClN2O5S/c1-5-33-26(32)23-15(4)29-27-30(24(23)17-8-6-16(7-9-17)14(2)3)25(31)22(36-27)11-18-10-20-21(12-19(18)28)35-13-34-20/h6-12,14,24H,5,13H2,1-4H3/b22-11-/t24-/m1/s1. The van der Waals surface area contributed by atoms with Crippen LogP contribution in [0.2, 0.25) is 5.02 Å². The molecule has 7 nitrogen and oxygen atoms in total. The van der Waals surface area contributed by atoms with E-state index in [1.54, 1.807) is 36.6 Å². The number of thiazole rings is 1. The second-order valence-corrected chi connectivity index (χ2v) is 10.3. The highest BCUT2D eigenvalue weighted by atomic mass is 35.5. The van der Waals surface area contributed by atoms with Gasteiger partial charge in [-0.2, -0.15) is 0 Å². The molecule has 2 aromatic carbocycles. The number of esters is 1. The van der Waals surface area contributed by atoms with Crippen molar-refractivity contribution in [2.75, 3.05) is 13.4 Å². The average Bonchev–Trinajstić information content (AvgIpc) is 3.42. The summed E-state index contributed by atoms with van der Waals surface area (Å²) in [6, 6.07) is 10.7. The van der Waals surface area contributed by atoms with E-state index in [9.17, 15) is 9.59 Å². The van der Waals surface area contributed by atoms with Crippen LogP contribution < -0.4 is 24.4 Å². The minimum absolute atomic E-state index is 0.128. The van der Waals surface area contributed by atoms with Gasteiger partial charge in [0.05, 0.1) is 33.5 Å². The Morgan fingerprint density at radius 3 is 2.61 bits per heavy atom. The topological polar surface area (TPSA) is 79.1 Å². The fourth-order valence-corrected chi connectivity index (χ4v) is 5.60. The van der Waals surface area contributed by atoms with E-state index in [1.165, 1.54) is 16.9 Å². The van der Waals surface area contributed by atoms with Gasteiger partial charge in [0.25, 0.3) is 5.56 Å². The van der Waals surface area contributed by atoms with Gasteiger partial charge >= 0.3 is 5.97 Å². The smallest absolute Gasteiger partial charge is 0.338 e. The first kappa shape index (κ1) is 24.3. The highest BCUT2D eigenvalue weighted by Crippen LogP contribution is 2.37. The molecule has 2 aliphatic rings. The van der Waals surface area contributed by atoms with Gasteiger partial charge in [-0.15, -0.1) is 0 Å². The van der Waals surface area contributed by atoms with E-state index in [1.807, 2.05) is 24.3 Å². The van der Waals surface area contributed by atoms with Gasteiger partial charge in [-0.3, -0.25) is 9.36 Å². The lowest BCUT2D eigenvalue weighted by Crippen LogP contribution is -2.39. The molecule has 0 bridgehead atoms. The van der Waals surface area contributed by atoms with E-state index < -0.39 is 12.0 Å². The number of halogens is 1. The molecular formula is C27H25ClN2O5S. The Balaban J connectivity index is 1.69. The number of nitrogens with zero attached hydrogens (tertiary/aromatic N) is 2. The number of ether oxygens (including phenoxy) is 3. The lowest BCUT2D eigenvalue weighted by molar-refractivity contribution is -0.139. The predicted molar refractivity (Wildman–Crippen MR) is 139 cm³/mol. The molecular weight excluding hydrogens is 500 g/mol. The zero-order valence-electron chi connectivity index (χ0n) is 20.3. The molecule has 5 rings (SSSR count). The number of carbonyl (C=O) groups excluding carboxylic acids is 1. The highest BCUT2D eigenvalue weighted by molar-refractivity contribution is 7.07. The van der Waals surface area contributed by atoms with E-state index in [2.05, 4.69) is 18.8 Å². The molecule has 9 heteroatoms. The van der Waals surface area contributed by atoms with Gasteiger partial charge in [0, 0.05) is 6.07 Å². The Morgan fingerprint density at radius 2 is 1.94 bits per heavy atom. The number of fused-ring (bicyclic) bond motifs is 2. The molecule has 0 saturated carbocycles. The van der Waals surface area contributed by atoms with Crippen LogP contribution in [0.1, 0.15) is 56.3 Å². The normalized spacial score (nSPS) is 16.8. The zero-order chi connectivity index (χ0) is 25.6. The number of hydrogen-bond donors (Lipinski definition) is 0. The van der Waals surface area contributed by atoms with Gasteiger partial charge in [0.2, 0.25) is 6.79 Å². The number of benzene rings is 2. The minimum Gasteiger partial charge on any atom is -0.463 e. The molecule has 1 aromatic heterocycles. The van der Waals surface area contributed by atoms with Gasteiger partial charge in [0.1, 0.15) is 0 Å². The van der Waals surface area contributed by atoms with Crippen molar-refractivity contribution >= 4 is 35.0 Å². The quantitative estimate of drug-likeness (QED) is 0.465. The molecule has 0 saturated heterocycles. The SMILES string of the molecule is CCOC(=O)C1=C(C)N=c2s/c(=C\c3cc4c(cc3Cl)OCO4)c(=O)n2[C@@H]1c1ccc(C(C)C)cc1. The van der Waals surface area contributed by atoms with Gasteiger partial charge in [-0.05, 0) is 48.6 Å². The van der Waals surface area contributed by atoms with E-state index in [0.29, 0.717) is 48.6 Å². The molecule has 0 aliphatic carbocycles. The number of carbonyl (C=O) groups is 1. The van der Waals surface area contributed by atoms with Crippen molar-refractivity contribution in [3.8, 4) is 11.5 Å². The average molecular weight is 525 g/mol. The predicted octanol–water partition coefficient (Wildman–Crippen LogP) is 4.30.